The Morgan fingerprint density at radius 3 is 2.56 bits per heavy atom. The van der Waals surface area contributed by atoms with Crippen LogP contribution in [0.3, 0.4) is 0 Å². The molecular weight excluding hydrogens is 349 g/mol. The summed E-state index contributed by atoms with van der Waals surface area (Å²) in [6.45, 7) is 4.07. The van der Waals surface area contributed by atoms with Crippen LogP contribution in [0.5, 0.6) is 0 Å². The molecule has 0 spiro atoms. The minimum absolute atomic E-state index is 0.0859. The van der Waals surface area contributed by atoms with E-state index in [1.165, 1.54) is 23.3 Å². The first-order valence-corrected chi connectivity index (χ1v) is 8.93. The number of hydrogen-bond donors (Lipinski definition) is 1. The van der Waals surface area contributed by atoms with Gasteiger partial charge in [-0.05, 0) is 42.2 Å². The third-order valence-electron chi connectivity index (χ3n) is 4.57. The summed E-state index contributed by atoms with van der Waals surface area (Å²) < 4.78 is 18.5. The van der Waals surface area contributed by atoms with Gasteiger partial charge in [0, 0.05) is 13.0 Å². The van der Waals surface area contributed by atoms with E-state index in [0.717, 1.165) is 5.56 Å². The molecule has 142 valence electrons. The fourth-order valence-corrected chi connectivity index (χ4v) is 3.29. The molecule has 1 aliphatic rings. The number of halogens is 1. The molecule has 1 unspecified atom stereocenters. The Morgan fingerprint density at radius 2 is 1.96 bits per heavy atom. The summed E-state index contributed by atoms with van der Waals surface area (Å²) in [4.78, 5) is 26.8. The van der Waals surface area contributed by atoms with E-state index in [2.05, 4.69) is 0 Å². The van der Waals surface area contributed by atoms with Crippen molar-refractivity contribution < 1.29 is 23.5 Å². The van der Waals surface area contributed by atoms with Gasteiger partial charge < -0.3 is 14.4 Å². The Balaban J connectivity index is 1.88. The highest BCUT2D eigenvalue weighted by Gasteiger charge is 2.44. The van der Waals surface area contributed by atoms with Crippen molar-refractivity contribution in [1.82, 2.24) is 4.90 Å². The molecule has 2 aromatic rings. The average Bonchev–Trinajstić information content (AvgIpc) is 3.22. The monoisotopic (exact) mass is 371 g/mol. The fourth-order valence-electron chi connectivity index (χ4n) is 3.29. The van der Waals surface area contributed by atoms with E-state index in [9.17, 15) is 19.1 Å². The second kappa shape index (κ2) is 7.78. The van der Waals surface area contributed by atoms with Gasteiger partial charge in [0.25, 0.3) is 5.91 Å². The molecule has 0 saturated heterocycles. The summed E-state index contributed by atoms with van der Waals surface area (Å²) in [5, 5.41) is 10.4. The van der Waals surface area contributed by atoms with Gasteiger partial charge in [-0.15, -0.1) is 0 Å². The Bertz CT molecular complexity index is 853. The number of rotatable bonds is 7. The number of carbonyl (C=O) groups is 2. The van der Waals surface area contributed by atoms with Crippen LogP contribution in [-0.4, -0.2) is 28.2 Å². The lowest BCUT2D eigenvalue weighted by Gasteiger charge is -2.25. The number of carbonyl (C=O) groups excluding carboxylic acids is 2. The van der Waals surface area contributed by atoms with Crippen LogP contribution in [0.4, 0.5) is 4.39 Å². The van der Waals surface area contributed by atoms with Gasteiger partial charge in [0.1, 0.15) is 17.6 Å². The molecule has 0 bridgehead atoms. The maximum atomic E-state index is 13.1. The number of ketones is 1. The van der Waals surface area contributed by atoms with E-state index in [1.807, 2.05) is 13.8 Å². The Hall–Kier alpha value is -2.89. The Labute approximate surface area is 157 Å². The predicted octanol–water partition coefficient (Wildman–Crippen LogP) is 3.97. The second-order valence-electron chi connectivity index (χ2n) is 7.08. The van der Waals surface area contributed by atoms with Gasteiger partial charge in [-0.25, -0.2) is 4.39 Å². The molecule has 1 aromatic heterocycles. The third-order valence-corrected chi connectivity index (χ3v) is 4.57. The third kappa shape index (κ3) is 3.94. The number of aliphatic hydroxyl groups excluding tert-OH is 1. The number of benzene rings is 1. The van der Waals surface area contributed by atoms with E-state index in [4.69, 9.17) is 4.42 Å². The molecule has 1 amide bonds. The number of nitrogens with zero attached hydrogens (tertiary/aromatic N) is 1. The number of hydrogen-bond acceptors (Lipinski definition) is 4. The normalized spacial score (nSPS) is 17.3. The molecule has 0 fully saturated rings. The van der Waals surface area contributed by atoms with Gasteiger partial charge in [-0.3, -0.25) is 9.59 Å². The first-order valence-electron chi connectivity index (χ1n) is 8.93. The Kier molecular flexibility index (Phi) is 5.44. The number of furan rings is 1. The first-order chi connectivity index (χ1) is 12.9. The minimum Gasteiger partial charge on any atom is -0.503 e. The summed E-state index contributed by atoms with van der Waals surface area (Å²) >= 11 is 0. The summed E-state index contributed by atoms with van der Waals surface area (Å²) in [6.07, 6.45) is 2.16. The van der Waals surface area contributed by atoms with Gasteiger partial charge in [0.15, 0.2) is 11.5 Å². The maximum absolute atomic E-state index is 13.1. The van der Waals surface area contributed by atoms with Crippen LogP contribution in [0.15, 0.2) is 58.4 Å². The predicted molar refractivity (Wildman–Crippen MR) is 97.4 cm³/mol. The molecule has 3 rings (SSSR count). The van der Waals surface area contributed by atoms with E-state index >= 15 is 0 Å². The lowest BCUT2D eigenvalue weighted by atomic mass is 9.95. The second-order valence-corrected chi connectivity index (χ2v) is 7.08. The SMILES string of the molecule is CC(C)CC(=O)C1=C(O)C(=O)N(CCc2ccc(F)cc2)C1c1ccco1. The molecule has 2 heterocycles. The fraction of sp³-hybridized carbons (Fsp3) is 0.333. The van der Waals surface area contributed by atoms with Gasteiger partial charge in [-0.1, -0.05) is 26.0 Å². The van der Waals surface area contributed by atoms with Crippen LogP contribution in [0.1, 0.15) is 37.6 Å². The van der Waals surface area contributed by atoms with Crippen LogP contribution in [0, 0.1) is 11.7 Å². The molecule has 1 N–H and O–H groups in total. The largest absolute Gasteiger partial charge is 0.503 e. The Morgan fingerprint density at radius 1 is 1.26 bits per heavy atom. The molecule has 1 atom stereocenters. The lowest BCUT2D eigenvalue weighted by molar-refractivity contribution is -0.129. The van der Waals surface area contributed by atoms with E-state index in [0.29, 0.717) is 12.2 Å². The van der Waals surface area contributed by atoms with Crippen molar-refractivity contribution in [3.05, 3.63) is 71.1 Å². The van der Waals surface area contributed by atoms with E-state index in [-0.39, 0.29) is 36.1 Å². The topological polar surface area (TPSA) is 70.8 Å². The number of amides is 1. The zero-order valence-corrected chi connectivity index (χ0v) is 15.3. The van der Waals surface area contributed by atoms with Crippen molar-refractivity contribution in [3.63, 3.8) is 0 Å². The molecule has 1 aromatic carbocycles. The summed E-state index contributed by atoms with van der Waals surface area (Å²) in [6, 6.07) is 8.63. The summed E-state index contributed by atoms with van der Waals surface area (Å²) in [5.41, 5.74) is 0.937. The lowest BCUT2D eigenvalue weighted by Crippen LogP contribution is -2.33. The molecule has 27 heavy (non-hydrogen) atoms. The standard InChI is InChI=1S/C21H22FNO4/c1-13(2)12-16(24)18-19(17-4-3-11-27-17)23(21(26)20(18)25)10-9-14-5-7-15(22)8-6-14/h3-8,11,13,19,25H,9-10,12H2,1-2H3. The van der Waals surface area contributed by atoms with Crippen molar-refractivity contribution in [2.24, 2.45) is 5.92 Å². The smallest absolute Gasteiger partial charge is 0.290 e. The van der Waals surface area contributed by atoms with E-state index < -0.39 is 17.7 Å². The van der Waals surface area contributed by atoms with Gasteiger partial charge in [-0.2, -0.15) is 0 Å². The summed E-state index contributed by atoms with van der Waals surface area (Å²) in [5.74, 6) is -1.17. The van der Waals surface area contributed by atoms with Gasteiger partial charge in [0.05, 0.1) is 11.8 Å². The number of aliphatic hydroxyl groups is 1. The van der Waals surface area contributed by atoms with Gasteiger partial charge in [0.2, 0.25) is 0 Å². The van der Waals surface area contributed by atoms with Crippen LogP contribution in [0.2, 0.25) is 0 Å². The van der Waals surface area contributed by atoms with Crippen molar-refractivity contribution in [1.29, 1.82) is 0 Å². The van der Waals surface area contributed by atoms with E-state index in [1.54, 1.807) is 24.3 Å². The minimum atomic E-state index is -0.751. The molecular formula is C21H22FNO4. The summed E-state index contributed by atoms with van der Waals surface area (Å²) in [7, 11) is 0. The van der Waals surface area contributed by atoms with Crippen molar-refractivity contribution in [3.8, 4) is 0 Å². The quantitative estimate of drug-likeness (QED) is 0.799. The van der Waals surface area contributed by atoms with Crippen LogP contribution in [-0.2, 0) is 16.0 Å². The highest BCUT2D eigenvalue weighted by atomic mass is 19.1. The zero-order valence-electron chi connectivity index (χ0n) is 15.3. The van der Waals surface area contributed by atoms with Crippen LogP contribution in [0.25, 0.3) is 0 Å². The van der Waals surface area contributed by atoms with Crippen molar-refractivity contribution >= 4 is 11.7 Å². The zero-order chi connectivity index (χ0) is 19.6. The van der Waals surface area contributed by atoms with Crippen LogP contribution >= 0.6 is 0 Å². The molecule has 1 aliphatic heterocycles. The molecule has 5 nitrogen and oxygen atoms in total. The van der Waals surface area contributed by atoms with Crippen molar-refractivity contribution in [2.45, 2.75) is 32.7 Å². The first kappa shape index (κ1) is 18.9. The highest BCUT2D eigenvalue weighted by molar-refractivity contribution is 6.08. The highest BCUT2D eigenvalue weighted by Crippen LogP contribution is 2.38. The van der Waals surface area contributed by atoms with Gasteiger partial charge >= 0.3 is 0 Å². The number of Topliss-reactive ketones (excluding diaryl/α,β-unsaturated/α-hetero) is 1. The molecule has 6 heteroatoms. The van der Waals surface area contributed by atoms with Crippen molar-refractivity contribution in [2.75, 3.05) is 6.54 Å². The average molecular weight is 371 g/mol. The molecule has 0 radical (unpaired) electrons. The maximum Gasteiger partial charge on any atom is 0.290 e. The van der Waals surface area contributed by atoms with Crippen LogP contribution < -0.4 is 0 Å². The molecule has 0 saturated carbocycles. The molecule has 0 aliphatic carbocycles.